The number of ether oxygens (including phenoxy) is 2. The second-order valence-corrected chi connectivity index (χ2v) is 7.05. The monoisotopic (exact) mass is 407 g/mol. The molecule has 0 atom stereocenters. The van der Waals surface area contributed by atoms with Crippen LogP contribution in [-0.2, 0) is 11.3 Å². The number of halogens is 2. The molecule has 1 aliphatic rings. The van der Waals surface area contributed by atoms with Gasteiger partial charge in [-0.1, -0.05) is 17.7 Å². The number of methoxy groups -OCH3 is 2. The fourth-order valence-corrected chi connectivity index (χ4v) is 3.59. The molecule has 2 aromatic rings. The Kier molecular flexibility index (Phi) is 5.72. The minimum Gasteiger partial charge on any atom is -0.497 e. The van der Waals surface area contributed by atoms with Gasteiger partial charge in [0, 0.05) is 11.1 Å². The summed E-state index contributed by atoms with van der Waals surface area (Å²) < 4.78 is 23.6. The molecule has 3 rings (SSSR count). The molecule has 0 aromatic heterocycles. The standard InChI is InChI=1S/C19H15ClFNO4S/c1-25-14-5-11(6-15(9-14)26-2)7-17-18(23)22(19(24)27-17)10-12-3-4-13(21)8-16(12)20/h3-9H,10H2,1-2H3/b17-7-. The number of hydrogen-bond donors (Lipinski definition) is 0. The topological polar surface area (TPSA) is 55.8 Å². The van der Waals surface area contributed by atoms with Crippen LogP contribution >= 0.6 is 23.4 Å². The number of imide groups is 1. The molecule has 1 heterocycles. The highest BCUT2D eigenvalue weighted by atomic mass is 35.5. The van der Waals surface area contributed by atoms with Crippen molar-refractivity contribution in [2.75, 3.05) is 14.2 Å². The Morgan fingerprint density at radius 3 is 2.37 bits per heavy atom. The van der Waals surface area contributed by atoms with Crippen LogP contribution in [0.3, 0.4) is 0 Å². The van der Waals surface area contributed by atoms with E-state index >= 15 is 0 Å². The van der Waals surface area contributed by atoms with E-state index in [1.807, 2.05) is 0 Å². The molecule has 2 aromatic carbocycles. The van der Waals surface area contributed by atoms with E-state index < -0.39 is 17.0 Å². The van der Waals surface area contributed by atoms with E-state index in [2.05, 4.69) is 0 Å². The molecule has 0 aliphatic carbocycles. The van der Waals surface area contributed by atoms with Gasteiger partial charge >= 0.3 is 0 Å². The van der Waals surface area contributed by atoms with Crippen LogP contribution in [0.1, 0.15) is 11.1 Å². The maximum absolute atomic E-state index is 13.2. The highest BCUT2D eigenvalue weighted by Crippen LogP contribution is 2.35. The Morgan fingerprint density at radius 2 is 1.78 bits per heavy atom. The average Bonchev–Trinajstić information content (AvgIpc) is 2.90. The molecule has 0 N–H and O–H groups in total. The summed E-state index contributed by atoms with van der Waals surface area (Å²) >= 11 is 6.83. The predicted octanol–water partition coefficient (Wildman–Crippen LogP) is 4.73. The number of amides is 2. The Labute approximate surface area is 164 Å². The first-order valence-electron chi connectivity index (χ1n) is 7.83. The van der Waals surface area contributed by atoms with Crippen molar-refractivity contribution in [3.63, 3.8) is 0 Å². The first kappa shape index (κ1) is 19.3. The van der Waals surface area contributed by atoms with Crippen molar-refractivity contribution in [1.29, 1.82) is 0 Å². The largest absolute Gasteiger partial charge is 0.497 e. The molecule has 1 fully saturated rings. The molecule has 27 heavy (non-hydrogen) atoms. The molecule has 0 spiro atoms. The third-order valence-corrected chi connectivity index (χ3v) is 5.15. The lowest BCUT2D eigenvalue weighted by Crippen LogP contribution is -2.27. The summed E-state index contributed by atoms with van der Waals surface area (Å²) in [4.78, 5) is 26.3. The molecule has 0 saturated carbocycles. The van der Waals surface area contributed by atoms with E-state index in [-0.39, 0.29) is 16.5 Å². The summed E-state index contributed by atoms with van der Waals surface area (Å²) in [7, 11) is 3.05. The summed E-state index contributed by atoms with van der Waals surface area (Å²) in [6.07, 6.45) is 1.60. The van der Waals surface area contributed by atoms with Gasteiger partial charge < -0.3 is 9.47 Å². The SMILES string of the molecule is COc1cc(/C=C2\SC(=O)N(Cc3ccc(F)cc3Cl)C2=O)cc(OC)c1. The molecular weight excluding hydrogens is 393 g/mol. The van der Waals surface area contributed by atoms with Crippen molar-refractivity contribution in [3.05, 3.63) is 63.3 Å². The smallest absolute Gasteiger partial charge is 0.293 e. The molecule has 1 saturated heterocycles. The number of hydrogen-bond acceptors (Lipinski definition) is 5. The number of rotatable bonds is 5. The maximum Gasteiger partial charge on any atom is 0.293 e. The number of carbonyl (C=O) groups excluding carboxylic acids is 2. The normalized spacial score (nSPS) is 15.6. The van der Waals surface area contributed by atoms with Gasteiger partial charge in [0.1, 0.15) is 17.3 Å². The Balaban J connectivity index is 1.86. The summed E-state index contributed by atoms with van der Waals surface area (Å²) in [5, 5.41) is -0.253. The molecule has 8 heteroatoms. The van der Waals surface area contributed by atoms with Gasteiger partial charge in [0.15, 0.2) is 0 Å². The predicted molar refractivity (Wildman–Crippen MR) is 102 cm³/mol. The third-order valence-electron chi connectivity index (χ3n) is 3.89. The van der Waals surface area contributed by atoms with Crippen molar-refractivity contribution < 1.29 is 23.5 Å². The summed E-state index contributed by atoms with van der Waals surface area (Å²) in [5.41, 5.74) is 1.15. The third kappa shape index (κ3) is 4.26. The number of thioether (sulfide) groups is 1. The molecular formula is C19H15ClFNO4S. The number of nitrogens with zero attached hydrogens (tertiary/aromatic N) is 1. The van der Waals surface area contributed by atoms with Crippen LogP contribution in [0.25, 0.3) is 6.08 Å². The van der Waals surface area contributed by atoms with Gasteiger partial charge in [0.25, 0.3) is 11.1 Å². The lowest BCUT2D eigenvalue weighted by molar-refractivity contribution is -0.123. The van der Waals surface area contributed by atoms with Gasteiger partial charge in [-0.05, 0) is 53.2 Å². The fourth-order valence-electron chi connectivity index (χ4n) is 2.52. The van der Waals surface area contributed by atoms with E-state index in [4.69, 9.17) is 21.1 Å². The molecule has 140 valence electrons. The molecule has 1 aliphatic heterocycles. The Hall–Kier alpha value is -2.51. The maximum atomic E-state index is 13.2. The van der Waals surface area contributed by atoms with Crippen molar-refractivity contribution in [3.8, 4) is 11.5 Å². The van der Waals surface area contributed by atoms with Crippen LogP contribution in [0.5, 0.6) is 11.5 Å². The van der Waals surface area contributed by atoms with E-state index in [0.717, 1.165) is 22.7 Å². The molecule has 2 amide bonds. The second kappa shape index (κ2) is 8.02. The first-order chi connectivity index (χ1) is 12.9. The van der Waals surface area contributed by atoms with Crippen LogP contribution < -0.4 is 9.47 Å². The zero-order valence-electron chi connectivity index (χ0n) is 14.5. The average molecular weight is 408 g/mol. The van der Waals surface area contributed by atoms with Crippen LogP contribution in [-0.4, -0.2) is 30.3 Å². The fraction of sp³-hybridized carbons (Fsp3) is 0.158. The lowest BCUT2D eigenvalue weighted by Gasteiger charge is -2.13. The van der Waals surface area contributed by atoms with E-state index in [0.29, 0.717) is 22.6 Å². The van der Waals surface area contributed by atoms with Gasteiger partial charge in [-0.3, -0.25) is 14.5 Å². The van der Waals surface area contributed by atoms with E-state index in [1.165, 1.54) is 26.4 Å². The highest BCUT2D eigenvalue weighted by molar-refractivity contribution is 8.18. The summed E-state index contributed by atoms with van der Waals surface area (Å²) in [6, 6.07) is 9.00. The zero-order chi connectivity index (χ0) is 19.6. The Bertz CT molecular complexity index is 925. The van der Waals surface area contributed by atoms with E-state index in [9.17, 15) is 14.0 Å². The second-order valence-electron chi connectivity index (χ2n) is 5.65. The first-order valence-corrected chi connectivity index (χ1v) is 9.03. The number of carbonyl (C=O) groups is 2. The van der Waals surface area contributed by atoms with Gasteiger partial charge in [0.05, 0.1) is 25.7 Å². The highest BCUT2D eigenvalue weighted by Gasteiger charge is 2.35. The van der Waals surface area contributed by atoms with Gasteiger partial charge in [-0.15, -0.1) is 0 Å². The minimum absolute atomic E-state index is 0.0252. The summed E-state index contributed by atoms with van der Waals surface area (Å²) in [6.45, 7) is -0.0252. The van der Waals surface area contributed by atoms with Crippen molar-refractivity contribution in [2.24, 2.45) is 0 Å². The van der Waals surface area contributed by atoms with Crippen molar-refractivity contribution in [2.45, 2.75) is 6.54 Å². The molecule has 0 bridgehead atoms. The zero-order valence-corrected chi connectivity index (χ0v) is 16.1. The van der Waals surface area contributed by atoms with E-state index in [1.54, 1.807) is 24.3 Å². The summed E-state index contributed by atoms with van der Waals surface area (Å²) in [5.74, 6) is 0.216. The van der Waals surface area contributed by atoms with Crippen LogP contribution in [0.2, 0.25) is 5.02 Å². The van der Waals surface area contributed by atoms with Crippen molar-refractivity contribution in [1.82, 2.24) is 4.90 Å². The molecule has 5 nitrogen and oxygen atoms in total. The Morgan fingerprint density at radius 1 is 1.11 bits per heavy atom. The molecule has 0 unspecified atom stereocenters. The molecule has 0 radical (unpaired) electrons. The minimum atomic E-state index is -0.482. The van der Waals surface area contributed by atoms with Gasteiger partial charge in [-0.2, -0.15) is 0 Å². The lowest BCUT2D eigenvalue weighted by atomic mass is 10.1. The van der Waals surface area contributed by atoms with Crippen molar-refractivity contribution >= 4 is 40.6 Å². The van der Waals surface area contributed by atoms with Gasteiger partial charge in [-0.25, -0.2) is 4.39 Å². The number of benzene rings is 2. The quantitative estimate of drug-likeness (QED) is 0.670. The van der Waals surface area contributed by atoms with Crippen LogP contribution in [0, 0.1) is 5.82 Å². The van der Waals surface area contributed by atoms with Gasteiger partial charge in [0.2, 0.25) is 0 Å². The van der Waals surface area contributed by atoms with Crippen LogP contribution in [0.4, 0.5) is 9.18 Å². The van der Waals surface area contributed by atoms with Crippen LogP contribution in [0.15, 0.2) is 41.3 Å².